The highest BCUT2D eigenvalue weighted by Gasteiger charge is 2.26. The Bertz CT molecular complexity index is 1360. The third-order valence-corrected chi connectivity index (χ3v) is 6.52. The smallest absolute Gasteiger partial charge is 0.275 e. The fourth-order valence-corrected chi connectivity index (χ4v) is 4.52. The van der Waals surface area contributed by atoms with Crippen molar-refractivity contribution in [3.63, 3.8) is 0 Å². The molecule has 0 saturated heterocycles. The van der Waals surface area contributed by atoms with Gasteiger partial charge in [0.25, 0.3) is 5.56 Å². The van der Waals surface area contributed by atoms with E-state index in [1.165, 1.54) is 5.56 Å². The minimum Gasteiger partial charge on any atom is -0.393 e. The van der Waals surface area contributed by atoms with Gasteiger partial charge in [-0.3, -0.25) is 9.59 Å². The van der Waals surface area contributed by atoms with E-state index in [9.17, 15) is 14.7 Å². The monoisotopic (exact) mass is 484 g/mol. The number of amides is 1. The second kappa shape index (κ2) is 11.7. The number of fused-ring (bicyclic) bond motifs is 1. The van der Waals surface area contributed by atoms with Crippen molar-refractivity contribution in [2.75, 3.05) is 0 Å². The number of carbonyl (C=O) groups is 1. The third-order valence-electron chi connectivity index (χ3n) is 6.52. The van der Waals surface area contributed by atoms with Crippen molar-refractivity contribution in [2.24, 2.45) is 5.92 Å². The predicted octanol–water partition coefficient (Wildman–Crippen LogP) is 4.11. The summed E-state index contributed by atoms with van der Waals surface area (Å²) in [5.74, 6) is -0.415. The molecule has 3 unspecified atom stereocenters. The largest absolute Gasteiger partial charge is 0.393 e. The van der Waals surface area contributed by atoms with Crippen molar-refractivity contribution in [2.45, 2.75) is 51.7 Å². The maximum Gasteiger partial charge on any atom is 0.275 e. The molecule has 3 aromatic carbocycles. The van der Waals surface area contributed by atoms with E-state index in [0.717, 1.165) is 29.2 Å². The van der Waals surface area contributed by atoms with E-state index in [-0.39, 0.29) is 17.2 Å². The first kappa shape index (κ1) is 25.3. The van der Waals surface area contributed by atoms with Crippen LogP contribution >= 0.6 is 0 Å². The Morgan fingerprint density at radius 1 is 0.972 bits per heavy atom. The highest BCUT2D eigenvalue weighted by atomic mass is 16.3. The molecule has 0 fully saturated rings. The molecule has 186 valence electrons. The number of aliphatic hydroxyl groups is 1. The molecule has 3 atom stereocenters. The van der Waals surface area contributed by atoms with Crippen LogP contribution in [0, 0.1) is 5.92 Å². The van der Waals surface area contributed by atoms with Crippen LogP contribution in [-0.4, -0.2) is 32.3 Å². The van der Waals surface area contributed by atoms with E-state index in [1.807, 2.05) is 60.7 Å². The summed E-state index contributed by atoms with van der Waals surface area (Å²) < 4.78 is 0. The lowest BCUT2D eigenvalue weighted by Crippen LogP contribution is -2.40. The molecule has 0 saturated carbocycles. The molecule has 1 aromatic heterocycles. The van der Waals surface area contributed by atoms with Crippen molar-refractivity contribution in [3.8, 4) is 0 Å². The van der Waals surface area contributed by atoms with Crippen molar-refractivity contribution in [3.05, 3.63) is 106 Å². The topological polar surface area (TPSA) is 108 Å². The molecule has 0 aliphatic carbocycles. The van der Waals surface area contributed by atoms with Gasteiger partial charge in [-0.25, -0.2) is 0 Å². The number of aromatic amines is 1. The van der Waals surface area contributed by atoms with Gasteiger partial charge in [0.05, 0.1) is 18.1 Å². The number of hydrogen-bond acceptors (Lipinski definition) is 5. The molecule has 1 amide bonds. The van der Waals surface area contributed by atoms with E-state index < -0.39 is 18.1 Å². The van der Waals surface area contributed by atoms with Crippen molar-refractivity contribution in [1.29, 1.82) is 0 Å². The van der Waals surface area contributed by atoms with E-state index in [1.54, 1.807) is 13.8 Å². The Labute approximate surface area is 210 Å². The van der Waals surface area contributed by atoms with Crippen LogP contribution in [0.4, 0.5) is 0 Å². The normalized spacial score (nSPS) is 13.8. The van der Waals surface area contributed by atoms with Gasteiger partial charge in [0.15, 0.2) is 0 Å². The van der Waals surface area contributed by atoms with Crippen LogP contribution in [0.3, 0.4) is 0 Å². The van der Waals surface area contributed by atoms with Gasteiger partial charge in [-0.05, 0) is 55.0 Å². The molecule has 3 N–H and O–H groups in total. The number of H-pyrrole nitrogens is 1. The molecule has 0 aliphatic heterocycles. The number of aromatic nitrogens is 3. The molecule has 4 aromatic rings. The average Bonchev–Trinajstić information content (AvgIpc) is 2.87. The SMILES string of the molecule is CC(NC(=O)C(CCCc1ccccc1)C(C)O)c1nnc(Cc2cccc3ccccc23)[nH]c1=O. The Morgan fingerprint density at radius 3 is 2.44 bits per heavy atom. The number of carbonyl (C=O) groups excluding carboxylic acids is 1. The van der Waals surface area contributed by atoms with Gasteiger partial charge in [0, 0.05) is 6.42 Å². The summed E-state index contributed by atoms with van der Waals surface area (Å²) in [6.45, 7) is 3.32. The van der Waals surface area contributed by atoms with Crippen LogP contribution < -0.4 is 10.9 Å². The number of aliphatic hydroxyl groups excluding tert-OH is 1. The molecule has 7 heteroatoms. The van der Waals surface area contributed by atoms with Gasteiger partial charge in [-0.15, -0.1) is 10.2 Å². The minimum atomic E-state index is -0.805. The first-order chi connectivity index (χ1) is 17.4. The quantitative estimate of drug-likeness (QED) is 0.314. The van der Waals surface area contributed by atoms with E-state index in [4.69, 9.17) is 0 Å². The number of nitrogens with zero attached hydrogens (tertiary/aromatic N) is 2. The zero-order valence-corrected chi connectivity index (χ0v) is 20.6. The van der Waals surface area contributed by atoms with Crippen molar-refractivity contribution in [1.82, 2.24) is 20.5 Å². The molecular formula is C29H32N4O3. The summed E-state index contributed by atoms with van der Waals surface area (Å²) in [4.78, 5) is 28.5. The summed E-state index contributed by atoms with van der Waals surface area (Å²) in [7, 11) is 0. The van der Waals surface area contributed by atoms with Gasteiger partial charge in [-0.1, -0.05) is 72.8 Å². The fraction of sp³-hybridized carbons (Fsp3) is 0.310. The number of hydrogen-bond donors (Lipinski definition) is 3. The van der Waals surface area contributed by atoms with Crippen LogP contribution in [0.5, 0.6) is 0 Å². The van der Waals surface area contributed by atoms with E-state index in [2.05, 4.69) is 32.6 Å². The molecule has 0 spiro atoms. The molecule has 36 heavy (non-hydrogen) atoms. The second-order valence-electron chi connectivity index (χ2n) is 9.26. The third kappa shape index (κ3) is 6.23. The summed E-state index contributed by atoms with van der Waals surface area (Å²) in [6, 6.07) is 23.5. The summed E-state index contributed by atoms with van der Waals surface area (Å²) in [5, 5.41) is 23.6. The van der Waals surface area contributed by atoms with Gasteiger partial charge >= 0.3 is 0 Å². The van der Waals surface area contributed by atoms with Gasteiger partial charge < -0.3 is 15.4 Å². The molecular weight excluding hydrogens is 452 g/mol. The lowest BCUT2D eigenvalue weighted by atomic mass is 9.94. The van der Waals surface area contributed by atoms with Gasteiger partial charge in [0.2, 0.25) is 5.91 Å². The fourth-order valence-electron chi connectivity index (χ4n) is 4.52. The molecule has 0 radical (unpaired) electrons. The summed E-state index contributed by atoms with van der Waals surface area (Å²) in [5.41, 5.74) is 1.99. The van der Waals surface area contributed by atoms with Crippen LogP contribution in [-0.2, 0) is 17.6 Å². The molecule has 4 rings (SSSR count). The van der Waals surface area contributed by atoms with Crippen LogP contribution in [0.15, 0.2) is 77.6 Å². The van der Waals surface area contributed by atoms with Crippen molar-refractivity contribution >= 4 is 16.7 Å². The zero-order chi connectivity index (χ0) is 25.5. The maximum atomic E-state index is 12.9. The predicted molar refractivity (Wildman–Crippen MR) is 141 cm³/mol. The first-order valence-electron chi connectivity index (χ1n) is 12.4. The Hall–Kier alpha value is -3.84. The number of rotatable bonds is 10. The summed E-state index contributed by atoms with van der Waals surface area (Å²) in [6.07, 6.45) is 1.77. The highest BCUT2D eigenvalue weighted by molar-refractivity contribution is 5.85. The molecule has 7 nitrogen and oxygen atoms in total. The lowest BCUT2D eigenvalue weighted by Gasteiger charge is -2.22. The van der Waals surface area contributed by atoms with Crippen LogP contribution in [0.25, 0.3) is 10.8 Å². The first-order valence-corrected chi connectivity index (χ1v) is 12.4. The van der Waals surface area contributed by atoms with Gasteiger partial charge in [0.1, 0.15) is 11.5 Å². The maximum absolute atomic E-state index is 12.9. The number of aryl methyl sites for hydroxylation is 1. The zero-order valence-electron chi connectivity index (χ0n) is 20.6. The minimum absolute atomic E-state index is 0.138. The lowest BCUT2D eigenvalue weighted by molar-refractivity contribution is -0.129. The number of benzene rings is 3. The molecule has 0 bridgehead atoms. The van der Waals surface area contributed by atoms with Gasteiger partial charge in [-0.2, -0.15) is 0 Å². The van der Waals surface area contributed by atoms with Crippen molar-refractivity contribution < 1.29 is 9.90 Å². The molecule has 0 aliphatic rings. The molecule has 1 heterocycles. The van der Waals surface area contributed by atoms with E-state index >= 15 is 0 Å². The summed E-state index contributed by atoms with van der Waals surface area (Å²) >= 11 is 0. The average molecular weight is 485 g/mol. The Morgan fingerprint density at radius 2 is 1.69 bits per heavy atom. The number of nitrogens with one attached hydrogen (secondary N) is 2. The second-order valence-corrected chi connectivity index (χ2v) is 9.26. The van der Waals surface area contributed by atoms with Crippen LogP contribution in [0.2, 0.25) is 0 Å². The van der Waals surface area contributed by atoms with Crippen LogP contribution in [0.1, 0.15) is 55.4 Å². The highest BCUT2D eigenvalue weighted by Crippen LogP contribution is 2.20. The standard InChI is InChI=1S/C29H32N4O3/c1-19(30-28(35)24(20(2)34)17-8-12-21-10-4-3-5-11-21)27-29(36)31-26(32-33-27)18-23-15-9-14-22-13-6-7-16-25(22)23/h3-7,9-11,13-16,19-20,24,34H,8,12,17-18H2,1-2H3,(H,30,35)(H,31,32,36). The Kier molecular flexibility index (Phi) is 8.23. The Balaban J connectivity index is 1.40. The van der Waals surface area contributed by atoms with E-state index in [0.29, 0.717) is 18.7 Å².